The molecule has 0 heterocycles. The SMILES string of the molecule is CC(C#N)(CCN=C=O)N=NC(C)(C#N)CCN=C=O. The normalized spacial score (nSPS) is 15.8. The molecule has 104 valence electrons. The molecule has 0 bridgehead atoms. The molecular weight excluding hydrogens is 260 g/mol. The minimum atomic E-state index is -1.17. The van der Waals surface area contributed by atoms with Gasteiger partial charge < -0.3 is 0 Å². The summed E-state index contributed by atoms with van der Waals surface area (Å²) in [7, 11) is 0. The summed E-state index contributed by atoms with van der Waals surface area (Å²) in [5.74, 6) is 0. The third kappa shape index (κ3) is 6.32. The van der Waals surface area contributed by atoms with Crippen LogP contribution in [0.25, 0.3) is 0 Å². The monoisotopic (exact) mass is 274 g/mol. The first kappa shape index (κ1) is 17.3. The Bertz CT molecular complexity index is 485. The predicted octanol–water partition coefficient (Wildman–Crippen LogP) is 1.45. The van der Waals surface area contributed by atoms with E-state index in [1.165, 1.54) is 26.0 Å². The molecule has 2 atom stereocenters. The number of hydrogen-bond donors (Lipinski definition) is 0. The van der Waals surface area contributed by atoms with Gasteiger partial charge in [0.1, 0.15) is 0 Å². The average molecular weight is 274 g/mol. The lowest BCUT2D eigenvalue weighted by Crippen LogP contribution is -2.25. The van der Waals surface area contributed by atoms with E-state index in [0.717, 1.165) is 0 Å². The lowest BCUT2D eigenvalue weighted by molar-refractivity contribution is 0.457. The Labute approximate surface area is 116 Å². The fraction of sp³-hybridized carbons (Fsp3) is 0.667. The van der Waals surface area contributed by atoms with Gasteiger partial charge in [0.25, 0.3) is 0 Å². The van der Waals surface area contributed by atoms with E-state index < -0.39 is 11.1 Å². The molecule has 20 heavy (non-hydrogen) atoms. The van der Waals surface area contributed by atoms with E-state index in [4.69, 9.17) is 10.5 Å². The number of carbonyl (C=O) groups excluding carboxylic acids is 2. The van der Waals surface area contributed by atoms with Crippen molar-refractivity contribution in [2.45, 2.75) is 37.8 Å². The Balaban J connectivity index is 4.91. The molecule has 8 heteroatoms. The van der Waals surface area contributed by atoms with Crippen molar-refractivity contribution < 1.29 is 9.59 Å². The second-order valence-electron chi connectivity index (χ2n) is 4.42. The molecule has 0 saturated carbocycles. The van der Waals surface area contributed by atoms with E-state index in [1.54, 1.807) is 0 Å². The minimum Gasteiger partial charge on any atom is -0.211 e. The fourth-order valence-electron chi connectivity index (χ4n) is 1.12. The molecule has 0 aliphatic carbocycles. The van der Waals surface area contributed by atoms with Gasteiger partial charge >= 0.3 is 0 Å². The Kier molecular flexibility index (Phi) is 7.32. The van der Waals surface area contributed by atoms with Gasteiger partial charge in [-0.1, -0.05) is 0 Å². The second-order valence-corrected chi connectivity index (χ2v) is 4.42. The maximum atomic E-state index is 9.98. The molecule has 0 aliphatic rings. The van der Waals surface area contributed by atoms with Crippen LogP contribution in [-0.4, -0.2) is 36.3 Å². The molecule has 0 radical (unpaired) electrons. The zero-order chi connectivity index (χ0) is 15.5. The van der Waals surface area contributed by atoms with Crippen molar-refractivity contribution >= 4 is 12.2 Å². The summed E-state index contributed by atoms with van der Waals surface area (Å²) in [6.07, 6.45) is 3.13. The zero-order valence-corrected chi connectivity index (χ0v) is 11.3. The van der Waals surface area contributed by atoms with Crippen molar-refractivity contribution in [1.82, 2.24) is 0 Å². The lowest BCUT2D eigenvalue weighted by atomic mass is 10.00. The first-order valence-corrected chi connectivity index (χ1v) is 5.79. The maximum absolute atomic E-state index is 9.98. The van der Waals surface area contributed by atoms with Gasteiger partial charge in [-0.25, -0.2) is 19.6 Å². The van der Waals surface area contributed by atoms with Gasteiger partial charge in [0.2, 0.25) is 12.2 Å². The van der Waals surface area contributed by atoms with Crippen LogP contribution in [0.1, 0.15) is 26.7 Å². The first-order valence-electron chi connectivity index (χ1n) is 5.79. The molecule has 0 aliphatic heterocycles. The molecule has 0 rings (SSSR count). The van der Waals surface area contributed by atoms with Gasteiger partial charge in [-0.05, 0) is 13.8 Å². The van der Waals surface area contributed by atoms with Gasteiger partial charge in [-0.3, -0.25) is 0 Å². The maximum Gasteiger partial charge on any atom is 0.234 e. The van der Waals surface area contributed by atoms with Crippen molar-refractivity contribution in [2.75, 3.05) is 13.1 Å². The third-order valence-electron chi connectivity index (χ3n) is 2.52. The summed E-state index contributed by atoms with van der Waals surface area (Å²) in [5, 5.41) is 25.9. The van der Waals surface area contributed by atoms with Crippen molar-refractivity contribution in [3.05, 3.63) is 0 Å². The summed E-state index contributed by atoms with van der Waals surface area (Å²) in [6, 6.07) is 3.91. The van der Waals surface area contributed by atoms with E-state index in [1.807, 2.05) is 12.1 Å². The lowest BCUT2D eigenvalue weighted by Gasteiger charge is -2.18. The Hall–Kier alpha value is -2.66. The van der Waals surface area contributed by atoms with Crippen molar-refractivity contribution in [3.8, 4) is 12.1 Å². The van der Waals surface area contributed by atoms with Crippen molar-refractivity contribution in [1.29, 1.82) is 10.5 Å². The summed E-state index contributed by atoms with van der Waals surface area (Å²) >= 11 is 0. The highest BCUT2D eigenvalue weighted by Gasteiger charge is 2.27. The van der Waals surface area contributed by atoms with Crippen LogP contribution in [0.4, 0.5) is 0 Å². The average Bonchev–Trinajstić information content (AvgIpc) is 2.46. The summed E-state index contributed by atoms with van der Waals surface area (Å²) in [4.78, 5) is 26.6. The van der Waals surface area contributed by atoms with Crippen LogP contribution in [0, 0.1) is 22.7 Å². The molecular formula is C12H14N6O2. The van der Waals surface area contributed by atoms with Crippen LogP contribution in [0.5, 0.6) is 0 Å². The molecule has 2 unspecified atom stereocenters. The third-order valence-corrected chi connectivity index (χ3v) is 2.52. The van der Waals surface area contributed by atoms with Crippen molar-refractivity contribution in [2.24, 2.45) is 20.2 Å². The van der Waals surface area contributed by atoms with E-state index in [2.05, 4.69) is 20.2 Å². The topological polar surface area (TPSA) is 131 Å². The summed E-state index contributed by atoms with van der Waals surface area (Å²) in [6.45, 7) is 3.26. The highest BCUT2D eigenvalue weighted by molar-refractivity contribution is 5.33. The fourth-order valence-corrected chi connectivity index (χ4v) is 1.12. The molecule has 0 amide bonds. The van der Waals surface area contributed by atoms with Crippen LogP contribution in [0.3, 0.4) is 0 Å². The van der Waals surface area contributed by atoms with E-state index in [0.29, 0.717) is 0 Å². The highest BCUT2D eigenvalue weighted by atomic mass is 16.1. The second kappa shape index (κ2) is 8.44. The van der Waals surface area contributed by atoms with Crippen LogP contribution in [0.15, 0.2) is 20.2 Å². The zero-order valence-electron chi connectivity index (χ0n) is 11.3. The molecule has 8 nitrogen and oxygen atoms in total. The quantitative estimate of drug-likeness (QED) is 0.376. The minimum absolute atomic E-state index is 0.102. The number of aliphatic imine (C=N–C) groups is 2. The summed E-state index contributed by atoms with van der Waals surface area (Å²) in [5.41, 5.74) is -2.35. The molecule has 0 aromatic rings. The number of nitrogens with zero attached hydrogens (tertiary/aromatic N) is 6. The van der Waals surface area contributed by atoms with Crippen LogP contribution < -0.4 is 0 Å². The molecule has 0 aromatic heterocycles. The smallest absolute Gasteiger partial charge is 0.211 e. The molecule has 0 aromatic carbocycles. The Morgan fingerprint density at radius 3 is 1.45 bits per heavy atom. The highest BCUT2D eigenvalue weighted by Crippen LogP contribution is 2.21. The van der Waals surface area contributed by atoms with Gasteiger partial charge in [0, 0.05) is 12.8 Å². The summed E-state index contributed by atoms with van der Waals surface area (Å²) < 4.78 is 0. The number of hydrogen-bond acceptors (Lipinski definition) is 8. The number of nitriles is 2. The van der Waals surface area contributed by atoms with Crippen molar-refractivity contribution in [3.63, 3.8) is 0 Å². The van der Waals surface area contributed by atoms with E-state index >= 15 is 0 Å². The van der Waals surface area contributed by atoms with Crippen LogP contribution in [0.2, 0.25) is 0 Å². The standard InChI is InChI=1S/C12H14N6O2/c1-11(7-13,3-5-15-9-19)17-18-12(2,8-14)4-6-16-10-20/h3-6H2,1-2H3. The first-order chi connectivity index (χ1) is 9.45. The predicted molar refractivity (Wildman–Crippen MR) is 68.1 cm³/mol. The van der Waals surface area contributed by atoms with Gasteiger partial charge in [0.15, 0.2) is 11.1 Å². The number of azo groups is 1. The van der Waals surface area contributed by atoms with Crippen LogP contribution in [-0.2, 0) is 9.59 Å². The molecule has 0 N–H and O–H groups in total. The van der Waals surface area contributed by atoms with Gasteiger partial charge in [-0.2, -0.15) is 20.8 Å². The Morgan fingerprint density at radius 2 is 1.20 bits per heavy atom. The molecule has 0 spiro atoms. The largest absolute Gasteiger partial charge is 0.234 e. The number of rotatable bonds is 8. The van der Waals surface area contributed by atoms with E-state index in [-0.39, 0.29) is 25.9 Å². The molecule has 0 saturated heterocycles. The van der Waals surface area contributed by atoms with Crippen LogP contribution >= 0.6 is 0 Å². The van der Waals surface area contributed by atoms with E-state index in [9.17, 15) is 9.59 Å². The number of isocyanates is 2. The van der Waals surface area contributed by atoms with Gasteiger partial charge in [-0.15, -0.1) is 0 Å². The Morgan fingerprint density at radius 1 is 0.850 bits per heavy atom. The van der Waals surface area contributed by atoms with Gasteiger partial charge in [0.05, 0.1) is 25.2 Å². The molecule has 0 fully saturated rings.